The number of nitrogens with two attached hydrogens (primary N) is 1. The maximum atomic E-state index is 14.1. The van der Waals surface area contributed by atoms with Crippen LogP contribution in [0.15, 0.2) is 28.7 Å². The summed E-state index contributed by atoms with van der Waals surface area (Å²) in [5.74, 6) is -7.23. The van der Waals surface area contributed by atoms with Crippen LogP contribution in [0.2, 0.25) is 0 Å². The Morgan fingerprint density at radius 1 is 1.17 bits per heavy atom. The predicted octanol–water partition coefficient (Wildman–Crippen LogP) is -0.445. The number of benzene rings is 1. The zero-order valence-corrected chi connectivity index (χ0v) is 24.0. The number of ketones is 2. The summed E-state index contributed by atoms with van der Waals surface area (Å²) < 4.78 is 0. The van der Waals surface area contributed by atoms with E-state index in [9.17, 15) is 39.6 Å². The van der Waals surface area contributed by atoms with E-state index >= 15 is 0 Å². The van der Waals surface area contributed by atoms with E-state index < -0.39 is 58.0 Å². The fourth-order valence-corrected chi connectivity index (χ4v) is 7.10. The lowest BCUT2D eigenvalue weighted by Gasteiger charge is -2.50. The number of Topliss-reactive ketones (excluding diaryl/α,β-unsaturated/α-hetero) is 2. The van der Waals surface area contributed by atoms with E-state index in [1.165, 1.54) is 4.90 Å². The van der Waals surface area contributed by atoms with E-state index in [2.05, 4.69) is 10.6 Å². The van der Waals surface area contributed by atoms with Crippen molar-refractivity contribution in [3.63, 3.8) is 0 Å². The van der Waals surface area contributed by atoms with Gasteiger partial charge in [-0.15, -0.1) is 0 Å². The molecular weight excluding hydrogens is 546 g/mol. The standard InChI is InChI=1S/C29H37N5O8/c1-33(2)17-10-13(11-32-28(41)16-6-5-7-31-16)22(35)19-14(17)8-12-9-15-21(34(3)4)24(37)20(27(30)40)26(39)29(15,42)25(38)18(12)23(19)36/h10,12,15-16,21,31,35,37-38,42H,5-9,11H2,1-4H3,(H2,30,40)(H,32,41). The van der Waals surface area contributed by atoms with Gasteiger partial charge in [-0.25, -0.2) is 0 Å². The molecule has 0 saturated carbocycles. The third-order valence-electron chi connectivity index (χ3n) is 9.09. The van der Waals surface area contributed by atoms with Gasteiger partial charge in [-0.1, -0.05) is 0 Å². The Kier molecular flexibility index (Phi) is 7.32. The topological polar surface area (TPSA) is 206 Å². The number of amides is 2. The summed E-state index contributed by atoms with van der Waals surface area (Å²) in [6, 6.07) is 0.312. The van der Waals surface area contributed by atoms with Gasteiger partial charge >= 0.3 is 0 Å². The number of aromatic hydroxyl groups is 1. The highest BCUT2D eigenvalue weighted by atomic mass is 16.3. The van der Waals surface area contributed by atoms with E-state index in [1.807, 2.05) is 0 Å². The summed E-state index contributed by atoms with van der Waals surface area (Å²) >= 11 is 0. The van der Waals surface area contributed by atoms with Crippen LogP contribution >= 0.6 is 0 Å². The van der Waals surface area contributed by atoms with Gasteiger partial charge in [-0.3, -0.25) is 24.1 Å². The van der Waals surface area contributed by atoms with Gasteiger partial charge in [0.1, 0.15) is 22.8 Å². The molecule has 1 fully saturated rings. The number of nitrogens with zero attached hydrogens (tertiary/aromatic N) is 2. The van der Waals surface area contributed by atoms with Crippen LogP contribution in [0.25, 0.3) is 0 Å². The van der Waals surface area contributed by atoms with Crippen molar-refractivity contribution in [1.29, 1.82) is 0 Å². The quantitative estimate of drug-likeness (QED) is 0.214. The van der Waals surface area contributed by atoms with Gasteiger partial charge in [0.25, 0.3) is 5.91 Å². The highest BCUT2D eigenvalue weighted by Gasteiger charge is 2.63. The fourth-order valence-electron chi connectivity index (χ4n) is 7.10. The Labute approximate surface area is 242 Å². The summed E-state index contributed by atoms with van der Waals surface area (Å²) in [7, 11) is 6.72. The number of primary amides is 1. The number of carbonyl (C=O) groups excluding carboxylic acids is 4. The molecule has 0 radical (unpaired) electrons. The van der Waals surface area contributed by atoms with Crippen LogP contribution in [-0.2, 0) is 27.3 Å². The SMILES string of the molecule is CN(C)c1cc(CNC(=O)C2CCCN2)c(O)c2c1CC1CC3C(N(C)C)C(O)=C(C(N)=O)C(=O)C3(O)C(O)=C1C2=O. The number of rotatable bonds is 6. The minimum Gasteiger partial charge on any atom is -0.510 e. The van der Waals surface area contributed by atoms with Crippen molar-refractivity contribution in [1.82, 2.24) is 15.5 Å². The van der Waals surface area contributed by atoms with Crippen molar-refractivity contribution in [2.24, 2.45) is 17.6 Å². The monoisotopic (exact) mass is 583 g/mol. The molecule has 0 spiro atoms. The molecule has 5 atom stereocenters. The van der Waals surface area contributed by atoms with Crippen LogP contribution in [0.5, 0.6) is 5.75 Å². The molecule has 0 aromatic heterocycles. The molecule has 226 valence electrons. The van der Waals surface area contributed by atoms with Crippen LogP contribution in [0.1, 0.15) is 40.7 Å². The Balaban J connectivity index is 1.62. The summed E-state index contributed by atoms with van der Waals surface area (Å²) in [6.45, 7) is 0.683. The number of likely N-dealkylation sites (N-methyl/N-ethyl adjacent to an activating group) is 1. The lowest BCUT2D eigenvalue weighted by molar-refractivity contribution is -0.148. The number of allylic oxidation sites excluding steroid dienone is 1. The molecule has 42 heavy (non-hydrogen) atoms. The second-order valence-electron chi connectivity index (χ2n) is 12.0. The molecule has 0 bridgehead atoms. The molecule has 2 amide bonds. The number of aliphatic hydroxyl groups is 3. The minimum absolute atomic E-state index is 0.00555. The lowest BCUT2D eigenvalue weighted by atomic mass is 9.58. The van der Waals surface area contributed by atoms with E-state index in [-0.39, 0.29) is 53.8 Å². The fraction of sp³-hybridized carbons (Fsp3) is 0.517. The van der Waals surface area contributed by atoms with E-state index in [1.54, 1.807) is 39.2 Å². The number of hydrogen-bond acceptors (Lipinski definition) is 11. The number of fused-ring (bicyclic) bond motifs is 3. The smallest absolute Gasteiger partial charge is 0.255 e. The Hall–Kier alpha value is -3.94. The summed E-state index contributed by atoms with van der Waals surface area (Å²) in [4.78, 5) is 55.6. The Bertz CT molecular complexity index is 1460. The van der Waals surface area contributed by atoms with Crippen LogP contribution in [0.4, 0.5) is 5.69 Å². The van der Waals surface area contributed by atoms with Gasteiger partial charge in [-0.05, 0) is 63.9 Å². The molecule has 5 rings (SSSR count). The van der Waals surface area contributed by atoms with Gasteiger partial charge in [-0.2, -0.15) is 0 Å². The zero-order valence-electron chi connectivity index (χ0n) is 24.0. The molecule has 1 aliphatic heterocycles. The molecule has 1 saturated heterocycles. The number of phenolic OH excluding ortho intramolecular Hbond substituents is 1. The van der Waals surface area contributed by atoms with Gasteiger partial charge in [0, 0.05) is 43.4 Å². The van der Waals surface area contributed by atoms with Crippen molar-refractivity contribution in [3.05, 3.63) is 45.4 Å². The molecule has 1 aromatic rings. The maximum absolute atomic E-state index is 14.1. The lowest BCUT2D eigenvalue weighted by Crippen LogP contribution is -2.63. The number of phenols is 1. The molecule has 4 aliphatic rings. The Morgan fingerprint density at radius 2 is 1.86 bits per heavy atom. The normalized spacial score (nSPS) is 28.9. The summed E-state index contributed by atoms with van der Waals surface area (Å²) in [6.07, 6.45) is 1.75. The third-order valence-corrected chi connectivity index (χ3v) is 9.09. The summed E-state index contributed by atoms with van der Waals surface area (Å²) in [5.41, 5.74) is 2.94. The molecule has 5 unspecified atom stereocenters. The van der Waals surface area contributed by atoms with Crippen LogP contribution in [0, 0.1) is 11.8 Å². The molecular formula is C29H37N5O8. The predicted molar refractivity (Wildman–Crippen MR) is 151 cm³/mol. The highest BCUT2D eigenvalue weighted by Crippen LogP contribution is 2.53. The first-order chi connectivity index (χ1) is 19.7. The van der Waals surface area contributed by atoms with Gasteiger partial charge in [0.05, 0.1) is 17.6 Å². The molecule has 8 N–H and O–H groups in total. The average molecular weight is 584 g/mol. The number of anilines is 1. The van der Waals surface area contributed by atoms with Crippen molar-refractivity contribution in [3.8, 4) is 5.75 Å². The van der Waals surface area contributed by atoms with Crippen molar-refractivity contribution in [2.45, 2.75) is 49.9 Å². The minimum atomic E-state index is -2.70. The number of aliphatic hydroxyl groups excluding tert-OH is 2. The third kappa shape index (κ3) is 4.26. The van der Waals surface area contributed by atoms with Gasteiger partial charge in [0.2, 0.25) is 11.7 Å². The number of hydrogen-bond donors (Lipinski definition) is 7. The number of carbonyl (C=O) groups is 4. The molecule has 1 aromatic carbocycles. The first-order valence-electron chi connectivity index (χ1n) is 13.9. The average Bonchev–Trinajstić information content (AvgIpc) is 3.45. The molecule has 1 heterocycles. The second kappa shape index (κ2) is 10.4. The van der Waals surface area contributed by atoms with E-state index in [4.69, 9.17) is 5.73 Å². The molecule has 3 aliphatic carbocycles. The molecule has 13 heteroatoms. The highest BCUT2D eigenvalue weighted by molar-refractivity contribution is 6.25. The van der Waals surface area contributed by atoms with Crippen LogP contribution in [-0.4, -0.2) is 101 Å². The van der Waals surface area contributed by atoms with Gasteiger partial charge < -0.3 is 41.7 Å². The van der Waals surface area contributed by atoms with Gasteiger partial charge in [0.15, 0.2) is 11.4 Å². The van der Waals surface area contributed by atoms with Crippen LogP contribution < -0.4 is 21.3 Å². The van der Waals surface area contributed by atoms with Crippen molar-refractivity contribution in [2.75, 3.05) is 39.6 Å². The zero-order chi connectivity index (χ0) is 30.8. The van der Waals surface area contributed by atoms with Crippen molar-refractivity contribution < 1.29 is 39.6 Å². The summed E-state index contributed by atoms with van der Waals surface area (Å²) in [5, 5.41) is 51.4. The first kappa shape index (κ1) is 29.5. The first-order valence-corrected chi connectivity index (χ1v) is 13.9. The van der Waals surface area contributed by atoms with Crippen molar-refractivity contribution >= 4 is 29.1 Å². The van der Waals surface area contributed by atoms with E-state index in [0.29, 0.717) is 17.7 Å². The van der Waals surface area contributed by atoms with Crippen LogP contribution in [0.3, 0.4) is 0 Å². The number of nitrogens with one attached hydrogen (secondary N) is 2. The molecule has 13 nitrogen and oxygen atoms in total. The van der Waals surface area contributed by atoms with E-state index in [0.717, 1.165) is 13.0 Å². The Morgan fingerprint density at radius 3 is 2.43 bits per heavy atom. The maximum Gasteiger partial charge on any atom is 0.255 e. The largest absolute Gasteiger partial charge is 0.510 e. The second-order valence-corrected chi connectivity index (χ2v) is 12.0.